The summed E-state index contributed by atoms with van der Waals surface area (Å²) in [5.41, 5.74) is 1.38. The van der Waals surface area contributed by atoms with Gasteiger partial charge < -0.3 is 14.9 Å². The van der Waals surface area contributed by atoms with Gasteiger partial charge in [-0.3, -0.25) is 9.59 Å². The number of amides is 2. The Morgan fingerprint density at radius 1 is 1.21 bits per heavy atom. The van der Waals surface area contributed by atoms with Crippen LogP contribution in [0.5, 0.6) is 5.75 Å². The van der Waals surface area contributed by atoms with E-state index < -0.39 is 11.9 Å². The number of hydrogen-bond acceptors (Lipinski definition) is 4. The van der Waals surface area contributed by atoms with Gasteiger partial charge in [-0.2, -0.15) is 5.26 Å². The van der Waals surface area contributed by atoms with Crippen molar-refractivity contribution in [2.24, 2.45) is 0 Å². The minimum atomic E-state index is -0.789. The second-order valence-corrected chi connectivity index (χ2v) is 7.33. The van der Waals surface area contributed by atoms with Crippen LogP contribution < -0.4 is 0 Å². The van der Waals surface area contributed by atoms with Gasteiger partial charge in [0, 0.05) is 23.7 Å². The molecule has 6 nitrogen and oxygen atoms in total. The van der Waals surface area contributed by atoms with E-state index >= 15 is 0 Å². The maximum atomic E-state index is 13.0. The molecule has 1 fully saturated rings. The van der Waals surface area contributed by atoms with Crippen LogP contribution in [-0.4, -0.2) is 52.4 Å². The molecule has 3 rings (SSSR count). The lowest BCUT2D eigenvalue weighted by Gasteiger charge is -2.37. The van der Waals surface area contributed by atoms with Crippen LogP contribution in [0.25, 0.3) is 11.1 Å². The smallest absolute Gasteiger partial charge is 0.257 e. The van der Waals surface area contributed by atoms with Crippen molar-refractivity contribution in [1.82, 2.24) is 9.80 Å². The molecule has 8 heteroatoms. The van der Waals surface area contributed by atoms with Crippen molar-refractivity contribution in [2.75, 3.05) is 19.6 Å². The summed E-state index contributed by atoms with van der Waals surface area (Å²) in [5, 5.41) is 20.6. The van der Waals surface area contributed by atoms with Gasteiger partial charge in [-0.15, -0.1) is 0 Å². The van der Waals surface area contributed by atoms with Crippen LogP contribution in [-0.2, 0) is 4.79 Å². The van der Waals surface area contributed by atoms with Gasteiger partial charge in [0.05, 0.1) is 23.2 Å². The topological polar surface area (TPSA) is 84.6 Å². The number of benzene rings is 2. The Hall–Kier alpha value is -3.01. The lowest BCUT2D eigenvalue weighted by Crippen LogP contribution is -2.55. The van der Waals surface area contributed by atoms with Crippen LogP contribution in [0.2, 0.25) is 10.0 Å². The molecule has 1 N–H and O–H groups in total. The van der Waals surface area contributed by atoms with Gasteiger partial charge >= 0.3 is 0 Å². The molecule has 1 atom stereocenters. The van der Waals surface area contributed by atoms with Crippen molar-refractivity contribution in [3.05, 3.63) is 64.7 Å². The SMILES string of the molecule is C=CC(=O)N1CCN(C(=O)c2cc(-c3ccc(Cl)cc3)c(Cl)cc2O)CC1C#N. The number of halogens is 2. The molecule has 0 radical (unpaired) electrons. The molecule has 29 heavy (non-hydrogen) atoms. The number of carbonyl (C=O) groups excluding carboxylic acids is 2. The summed E-state index contributed by atoms with van der Waals surface area (Å²) in [6, 6.07) is 11.0. The van der Waals surface area contributed by atoms with Crippen molar-refractivity contribution in [1.29, 1.82) is 5.26 Å². The number of phenolic OH excluding ortho intramolecular Hbond substituents is 1. The van der Waals surface area contributed by atoms with E-state index in [1.54, 1.807) is 24.3 Å². The zero-order valence-electron chi connectivity index (χ0n) is 15.3. The highest BCUT2D eigenvalue weighted by atomic mass is 35.5. The molecule has 148 valence electrons. The summed E-state index contributed by atoms with van der Waals surface area (Å²) in [6.07, 6.45) is 1.14. The Labute approximate surface area is 178 Å². The second kappa shape index (κ2) is 8.56. The molecule has 0 spiro atoms. The van der Waals surface area contributed by atoms with E-state index in [1.165, 1.54) is 21.9 Å². The monoisotopic (exact) mass is 429 g/mol. The Kier molecular flexibility index (Phi) is 6.12. The third-order valence-corrected chi connectivity index (χ3v) is 5.31. The summed E-state index contributed by atoms with van der Waals surface area (Å²) in [7, 11) is 0. The van der Waals surface area contributed by atoms with E-state index in [9.17, 15) is 20.0 Å². The van der Waals surface area contributed by atoms with Crippen molar-refractivity contribution >= 4 is 35.0 Å². The molecular weight excluding hydrogens is 413 g/mol. The fourth-order valence-electron chi connectivity index (χ4n) is 3.21. The normalized spacial score (nSPS) is 16.2. The van der Waals surface area contributed by atoms with Crippen LogP contribution >= 0.6 is 23.2 Å². The zero-order chi connectivity index (χ0) is 21.1. The lowest BCUT2D eigenvalue weighted by atomic mass is 10.0. The maximum absolute atomic E-state index is 13.0. The van der Waals surface area contributed by atoms with Gasteiger partial charge in [-0.1, -0.05) is 41.9 Å². The summed E-state index contributed by atoms with van der Waals surface area (Å²) >= 11 is 12.2. The number of nitrogens with zero attached hydrogens (tertiary/aromatic N) is 3. The van der Waals surface area contributed by atoms with Crippen molar-refractivity contribution in [3.63, 3.8) is 0 Å². The largest absolute Gasteiger partial charge is 0.507 e. The first-order chi connectivity index (χ1) is 13.8. The number of piperazine rings is 1. The molecule has 1 heterocycles. The predicted molar refractivity (Wildman–Crippen MR) is 111 cm³/mol. The quantitative estimate of drug-likeness (QED) is 0.753. The number of aromatic hydroxyl groups is 1. The fourth-order valence-corrected chi connectivity index (χ4v) is 3.61. The van der Waals surface area contributed by atoms with Gasteiger partial charge in [-0.25, -0.2) is 0 Å². The molecule has 1 aliphatic heterocycles. The minimum Gasteiger partial charge on any atom is -0.507 e. The molecule has 2 aromatic rings. The summed E-state index contributed by atoms with van der Waals surface area (Å²) in [6.45, 7) is 3.90. The zero-order valence-corrected chi connectivity index (χ0v) is 16.8. The molecular formula is C21H17Cl2N3O3. The van der Waals surface area contributed by atoms with E-state index in [0.29, 0.717) is 10.6 Å². The van der Waals surface area contributed by atoms with E-state index in [2.05, 4.69) is 6.58 Å². The van der Waals surface area contributed by atoms with Gasteiger partial charge in [0.15, 0.2) is 0 Å². The highest BCUT2D eigenvalue weighted by molar-refractivity contribution is 6.34. The minimum absolute atomic E-state index is 0.0350. The summed E-state index contributed by atoms with van der Waals surface area (Å²) < 4.78 is 0. The first-order valence-corrected chi connectivity index (χ1v) is 9.51. The highest BCUT2D eigenvalue weighted by Gasteiger charge is 2.33. The number of rotatable bonds is 3. The second-order valence-electron chi connectivity index (χ2n) is 6.49. The third-order valence-electron chi connectivity index (χ3n) is 4.75. The Bertz CT molecular complexity index is 1020. The van der Waals surface area contributed by atoms with Crippen LogP contribution in [0.15, 0.2) is 49.1 Å². The number of carbonyl (C=O) groups is 2. The van der Waals surface area contributed by atoms with Crippen molar-refractivity contribution in [3.8, 4) is 22.9 Å². The summed E-state index contributed by atoms with van der Waals surface area (Å²) in [5.74, 6) is -1.06. The molecule has 0 aliphatic carbocycles. The standard InChI is InChI=1S/C21H17Cl2N3O3/c1-2-20(28)26-8-7-25(12-15(26)11-24)21(29)17-9-16(18(23)10-19(17)27)13-3-5-14(22)6-4-13/h2-6,9-10,15,27H,1,7-8,12H2. The average Bonchev–Trinajstić information content (AvgIpc) is 2.73. The van der Waals surface area contributed by atoms with Crippen LogP contribution in [0.1, 0.15) is 10.4 Å². The Morgan fingerprint density at radius 3 is 2.52 bits per heavy atom. The highest BCUT2D eigenvalue weighted by Crippen LogP contribution is 2.35. The molecule has 0 saturated carbocycles. The summed E-state index contributed by atoms with van der Waals surface area (Å²) in [4.78, 5) is 27.7. The van der Waals surface area contributed by atoms with Crippen LogP contribution in [0.4, 0.5) is 0 Å². The van der Waals surface area contributed by atoms with Gasteiger partial charge in [0.1, 0.15) is 11.8 Å². The van der Waals surface area contributed by atoms with E-state index in [0.717, 1.165) is 11.6 Å². The predicted octanol–water partition coefficient (Wildman–Crippen LogP) is 3.73. The van der Waals surface area contributed by atoms with Gasteiger partial charge in [0.25, 0.3) is 5.91 Å². The Morgan fingerprint density at radius 2 is 1.90 bits per heavy atom. The van der Waals surface area contributed by atoms with Gasteiger partial charge in [0.2, 0.25) is 5.91 Å². The molecule has 2 aromatic carbocycles. The average molecular weight is 430 g/mol. The number of hydrogen-bond donors (Lipinski definition) is 1. The first kappa shape index (κ1) is 20.7. The number of nitriles is 1. The molecule has 0 aromatic heterocycles. The third kappa shape index (κ3) is 4.21. The maximum Gasteiger partial charge on any atom is 0.257 e. The lowest BCUT2D eigenvalue weighted by molar-refractivity contribution is -0.129. The molecule has 2 amide bonds. The number of phenols is 1. The first-order valence-electron chi connectivity index (χ1n) is 8.76. The van der Waals surface area contributed by atoms with E-state index in [1.807, 2.05) is 6.07 Å². The Balaban J connectivity index is 1.90. The van der Waals surface area contributed by atoms with E-state index in [-0.39, 0.29) is 41.9 Å². The van der Waals surface area contributed by atoms with E-state index in [4.69, 9.17) is 23.2 Å². The molecule has 1 saturated heterocycles. The van der Waals surface area contributed by atoms with Crippen molar-refractivity contribution < 1.29 is 14.7 Å². The van der Waals surface area contributed by atoms with Crippen molar-refractivity contribution in [2.45, 2.75) is 6.04 Å². The molecule has 1 unspecified atom stereocenters. The fraction of sp³-hybridized carbons (Fsp3) is 0.190. The molecule has 0 bridgehead atoms. The molecule has 1 aliphatic rings. The van der Waals surface area contributed by atoms with Gasteiger partial charge in [-0.05, 0) is 35.9 Å². The van der Waals surface area contributed by atoms with Crippen LogP contribution in [0, 0.1) is 11.3 Å². The van der Waals surface area contributed by atoms with Crippen LogP contribution in [0.3, 0.4) is 0 Å².